The molecular formula is C16H21N5O3. The number of rotatable bonds is 4. The fourth-order valence-electron chi connectivity index (χ4n) is 3.62. The second-order valence-corrected chi connectivity index (χ2v) is 6.44. The lowest BCUT2D eigenvalue weighted by atomic mass is 9.83. The molecule has 1 amide bonds. The Morgan fingerprint density at radius 1 is 1.50 bits per heavy atom. The van der Waals surface area contributed by atoms with Gasteiger partial charge >= 0.3 is 5.97 Å². The lowest BCUT2D eigenvalue weighted by Crippen LogP contribution is -2.51. The first-order chi connectivity index (χ1) is 11.6. The van der Waals surface area contributed by atoms with E-state index in [1.807, 2.05) is 0 Å². The molecule has 1 saturated carbocycles. The van der Waals surface area contributed by atoms with E-state index in [0.29, 0.717) is 19.4 Å². The number of aromatic amines is 1. The van der Waals surface area contributed by atoms with Crippen LogP contribution >= 0.6 is 0 Å². The topological polar surface area (TPSA) is 111 Å². The lowest BCUT2D eigenvalue weighted by molar-refractivity contribution is -0.147. The van der Waals surface area contributed by atoms with Crippen molar-refractivity contribution in [2.45, 2.75) is 50.2 Å². The summed E-state index contributed by atoms with van der Waals surface area (Å²) in [4.78, 5) is 26.3. The molecule has 0 bridgehead atoms. The van der Waals surface area contributed by atoms with Gasteiger partial charge in [0.1, 0.15) is 11.6 Å². The third-order valence-corrected chi connectivity index (χ3v) is 4.84. The number of ether oxygens (including phenoxy) is 1. The second kappa shape index (κ2) is 6.61. The van der Waals surface area contributed by atoms with Crippen LogP contribution in [-0.4, -0.2) is 46.2 Å². The molecule has 8 nitrogen and oxygen atoms in total. The van der Waals surface area contributed by atoms with Crippen LogP contribution in [0.5, 0.6) is 0 Å². The maximum absolute atomic E-state index is 12.5. The van der Waals surface area contributed by atoms with Gasteiger partial charge in [0.25, 0.3) is 0 Å². The van der Waals surface area contributed by atoms with Crippen LogP contribution in [0.1, 0.15) is 49.4 Å². The van der Waals surface area contributed by atoms with Crippen LogP contribution in [0.3, 0.4) is 0 Å². The number of nitrogens with zero attached hydrogens (tertiary/aromatic N) is 3. The van der Waals surface area contributed by atoms with Gasteiger partial charge in [-0.05, 0) is 12.8 Å². The summed E-state index contributed by atoms with van der Waals surface area (Å²) in [6, 6.07) is 1.63. The van der Waals surface area contributed by atoms with Crippen LogP contribution in [0.15, 0.2) is 6.20 Å². The number of esters is 1. The molecule has 1 unspecified atom stereocenters. The van der Waals surface area contributed by atoms with Gasteiger partial charge in [-0.25, -0.2) is 4.79 Å². The Bertz CT molecular complexity index is 671. The Morgan fingerprint density at radius 3 is 2.92 bits per heavy atom. The molecule has 1 aliphatic carbocycles. The van der Waals surface area contributed by atoms with E-state index in [-0.39, 0.29) is 12.5 Å². The second-order valence-electron chi connectivity index (χ2n) is 6.44. The number of aromatic nitrogens is 2. The van der Waals surface area contributed by atoms with Crippen molar-refractivity contribution < 1.29 is 14.3 Å². The Balaban J connectivity index is 1.69. The molecule has 2 N–H and O–H groups in total. The summed E-state index contributed by atoms with van der Waals surface area (Å²) >= 11 is 0. The number of methoxy groups -OCH3 is 1. The van der Waals surface area contributed by atoms with Crippen molar-refractivity contribution in [3.05, 3.63) is 17.5 Å². The molecule has 0 saturated heterocycles. The minimum absolute atomic E-state index is 0.0334. The average Bonchev–Trinajstić information content (AvgIpc) is 3.15. The van der Waals surface area contributed by atoms with Crippen LogP contribution in [0.4, 0.5) is 0 Å². The van der Waals surface area contributed by atoms with Crippen molar-refractivity contribution in [3.63, 3.8) is 0 Å². The Kier molecular flexibility index (Phi) is 4.53. The molecule has 2 aliphatic rings. The number of fused-ring (bicyclic) bond motifs is 1. The maximum atomic E-state index is 12.5. The highest BCUT2D eigenvalue weighted by atomic mass is 16.5. The third-order valence-electron chi connectivity index (χ3n) is 4.84. The monoisotopic (exact) mass is 331 g/mol. The molecule has 8 heteroatoms. The minimum Gasteiger partial charge on any atom is -0.468 e. The summed E-state index contributed by atoms with van der Waals surface area (Å²) in [7, 11) is 1.32. The Hall–Kier alpha value is -2.40. The molecule has 1 fully saturated rings. The first-order valence-electron chi connectivity index (χ1n) is 8.15. The fraction of sp³-hybridized carbons (Fsp3) is 0.625. The van der Waals surface area contributed by atoms with E-state index < -0.39 is 17.6 Å². The van der Waals surface area contributed by atoms with E-state index in [4.69, 9.17) is 4.74 Å². The Morgan fingerprint density at radius 2 is 2.25 bits per heavy atom. The molecule has 1 aliphatic heterocycles. The van der Waals surface area contributed by atoms with Gasteiger partial charge in [-0.15, -0.1) is 0 Å². The zero-order chi connectivity index (χ0) is 17.2. The van der Waals surface area contributed by atoms with Crippen molar-refractivity contribution in [2.24, 2.45) is 0 Å². The number of nitrogens with one attached hydrogen (secondary N) is 2. The summed E-state index contributed by atoms with van der Waals surface area (Å²) in [5, 5.41) is 19.1. The van der Waals surface area contributed by atoms with Gasteiger partial charge in [-0.3, -0.25) is 14.8 Å². The summed E-state index contributed by atoms with van der Waals surface area (Å²) < 4.78 is 4.86. The molecule has 0 spiro atoms. The largest absolute Gasteiger partial charge is 0.468 e. The maximum Gasteiger partial charge on any atom is 0.327 e. The number of amides is 1. The Labute approximate surface area is 140 Å². The van der Waals surface area contributed by atoms with E-state index >= 15 is 0 Å². The number of carbonyl (C=O) groups excluding carboxylic acids is 2. The molecule has 2 heterocycles. The molecule has 24 heavy (non-hydrogen) atoms. The summed E-state index contributed by atoms with van der Waals surface area (Å²) in [6.45, 7) is 0.452. The van der Waals surface area contributed by atoms with E-state index in [0.717, 1.165) is 30.5 Å². The summed E-state index contributed by atoms with van der Waals surface area (Å²) in [6.07, 6.45) is 5.93. The number of nitriles is 1. The SMILES string of the molecule is COC(=O)C1c2cn[nH]c2CN1CC(=O)NC1(C#N)CCCCC1. The van der Waals surface area contributed by atoms with Gasteiger partial charge in [0.05, 0.1) is 31.6 Å². The van der Waals surface area contributed by atoms with Crippen LogP contribution < -0.4 is 5.32 Å². The quantitative estimate of drug-likeness (QED) is 0.789. The normalized spacial score (nSPS) is 22.4. The number of hydrogen-bond acceptors (Lipinski definition) is 6. The molecule has 1 aromatic rings. The van der Waals surface area contributed by atoms with Gasteiger partial charge in [0.15, 0.2) is 0 Å². The van der Waals surface area contributed by atoms with E-state index in [2.05, 4.69) is 21.6 Å². The molecule has 3 rings (SSSR count). The predicted octanol–water partition coefficient (Wildman–Crippen LogP) is 0.782. The van der Waals surface area contributed by atoms with Crippen molar-refractivity contribution in [1.82, 2.24) is 20.4 Å². The molecule has 128 valence electrons. The van der Waals surface area contributed by atoms with Crippen LogP contribution in [-0.2, 0) is 20.9 Å². The summed E-state index contributed by atoms with van der Waals surface area (Å²) in [5.74, 6) is -0.666. The smallest absolute Gasteiger partial charge is 0.327 e. The molecular weight excluding hydrogens is 310 g/mol. The highest BCUT2D eigenvalue weighted by molar-refractivity contribution is 5.83. The molecule has 1 atom stereocenters. The highest BCUT2D eigenvalue weighted by Crippen LogP contribution is 2.33. The number of H-pyrrole nitrogens is 1. The van der Waals surface area contributed by atoms with Gasteiger partial charge in [-0.1, -0.05) is 19.3 Å². The van der Waals surface area contributed by atoms with Crippen LogP contribution in [0, 0.1) is 11.3 Å². The average molecular weight is 331 g/mol. The number of carbonyl (C=O) groups is 2. The summed E-state index contributed by atoms with van der Waals surface area (Å²) in [5.41, 5.74) is 0.777. The molecule has 0 aromatic carbocycles. The van der Waals surface area contributed by atoms with Crippen molar-refractivity contribution in [3.8, 4) is 6.07 Å². The van der Waals surface area contributed by atoms with Gasteiger partial charge in [0.2, 0.25) is 5.91 Å². The van der Waals surface area contributed by atoms with Gasteiger partial charge in [-0.2, -0.15) is 10.4 Å². The van der Waals surface area contributed by atoms with Crippen LogP contribution in [0.2, 0.25) is 0 Å². The predicted molar refractivity (Wildman–Crippen MR) is 83.3 cm³/mol. The molecule has 0 radical (unpaired) electrons. The van der Waals surface area contributed by atoms with Gasteiger partial charge in [0, 0.05) is 12.1 Å². The minimum atomic E-state index is -0.772. The third kappa shape index (κ3) is 2.99. The van der Waals surface area contributed by atoms with Gasteiger partial charge < -0.3 is 10.1 Å². The molecule has 1 aromatic heterocycles. The highest BCUT2D eigenvalue weighted by Gasteiger charge is 2.40. The standard InChI is InChI=1S/C16H21N5O3/c1-24-15(23)14-11-7-18-20-12(11)8-21(14)9-13(22)19-16(10-17)5-3-2-4-6-16/h7,14H,2-6,8-9H2,1H3,(H,18,20)(H,19,22). The lowest BCUT2D eigenvalue weighted by Gasteiger charge is -2.32. The van der Waals surface area contributed by atoms with Crippen molar-refractivity contribution >= 4 is 11.9 Å². The zero-order valence-corrected chi connectivity index (χ0v) is 13.7. The van der Waals surface area contributed by atoms with Crippen molar-refractivity contribution in [2.75, 3.05) is 13.7 Å². The van der Waals surface area contributed by atoms with Crippen LogP contribution in [0.25, 0.3) is 0 Å². The zero-order valence-electron chi connectivity index (χ0n) is 13.7. The number of hydrogen-bond donors (Lipinski definition) is 2. The van der Waals surface area contributed by atoms with E-state index in [1.165, 1.54) is 7.11 Å². The van der Waals surface area contributed by atoms with E-state index in [9.17, 15) is 14.9 Å². The van der Waals surface area contributed by atoms with E-state index in [1.54, 1.807) is 11.1 Å². The first-order valence-corrected chi connectivity index (χ1v) is 8.15. The first kappa shape index (κ1) is 16.5. The van der Waals surface area contributed by atoms with Crippen molar-refractivity contribution in [1.29, 1.82) is 5.26 Å². The fourth-order valence-corrected chi connectivity index (χ4v) is 3.62.